The first-order chi connectivity index (χ1) is 12.8. The minimum Gasteiger partial charge on any atom is -0.457 e. The fraction of sp³-hybridized carbons (Fsp3) is 0.174. The Hall–Kier alpha value is -2.91. The number of carbonyl (C=O) groups excluding carboxylic acids is 1. The van der Waals surface area contributed by atoms with Gasteiger partial charge < -0.3 is 14.3 Å². The van der Waals surface area contributed by atoms with Crippen molar-refractivity contribution in [1.82, 2.24) is 0 Å². The highest BCUT2D eigenvalue weighted by molar-refractivity contribution is 5.59. The predicted molar refractivity (Wildman–Crippen MR) is 99.7 cm³/mol. The summed E-state index contributed by atoms with van der Waals surface area (Å²) in [5.74, 6) is -0.793. The molecule has 130 valence electrons. The normalized spacial score (nSPS) is 21.5. The number of carbonyl (C=O) groups is 1. The van der Waals surface area contributed by atoms with Crippen LogP contribution in [-0.2, 0) is 28.3 Å². The maximum Gasteiger partial charge on any atom is 0.247 e. The van der Waals surface area contributed by atoms with Crippen LogP contribution in [0, 0.1) is 5.92 Å². The van der Waals surface area contributed by atoms with E-state index in [0.717, 1.165) is 28.7 Å². The Morgan fingerprint density at radius 1 is 0.923 bits per heavy atom. The molecular formula is C23H20O3. The molecule has 0 fully saturated rings. The van der Waals surface area contributed by atoms with Gasteiger partial charge in [-0.1, -0.05) is 78.9 Å². The third-order valence-corrected chi connectivity index (χ3v) is 4.80. The largest absolute Gasteiger partial charge is 0.457 e. The summed E-state index contributed by atoms with van der Waals surface area (Å²) in [5.41, 5.74) is 2.91. The Kier molecular flexibility index (Phi) is 4.55. The first-order valence-corrected chi connectivity index (χ1v) is 8.77. The molecule has 0 saturated heterocycles. The van der Waals surface area contributed by atoms with Crippen LogP contribution in [0.1, 0.15) is 16.7 Å². The molecule has 0 saturated carbocycles. The minimum atomic E-state index is -1.13. The van der Waals surface area contributed by atoms with Crippen LogP contribution in [0.15, 0.2) is 84.9 Å². The molecule has 1 aliphatic heterocycles. The molecule has 0 aliphatic carbocycles. The van der Waals surface area contributed by atoms with E-state index >= 15 is 0 Å². The SMILES string of the molecule is O=CC1Cc2ccccc2OC1(OCc1ccccc1)c1ccccc1. The summed E-state index contributed by atoms with van der Waals surface area (Å²) in [6.07, 6.45) is 1.54. The van der Waals surface area contributed by atoms with Crippen molar-refractivity contribution in [2.24, 2.45) is 5.92 Å². The van der Waals surface area contributed by atoms with Gasteiger partial charge in [-0.25, -0.2) is 0 Å². The van der Waals surface area contributed by atoms with E-state index in [2.05, 4.69) is 0 Å². The number of rotatable bonds is 5. The lowest BCUT2D eigenvalue weighted by Gasteiger charge is -2.42. The molecule has 26 heavy (non-hydrogen) atoms. The number of para-hydroxylation sites is 1. The topological polar surface area (TPSA) is 35.5 Å². The lowest BCUT2D eigenvalue weighted by atomic mass is 9.84. The Balaban J connectivity index is 1.76. The quantitative estimate of drug-likeness (QED) is 0.639. The Labute approximate surface area is 153 Å². The van der Waals surface area contributed by atoms with Crippen molar-refractivity contribution in [3.05, 3.63) is 102 Å². The van der Waals surface area contributed by atoms with Crippen molar-refractivity contribution in [3.63, 3.8) is 0 Å². The van der Waals surface area contributed by atoms with Crippen molar-refractivity contribution < 1.29 is 14.3 Å². The van der Waals surface area contributed by atoms with Gasteiger partial charge >= 0.3 is 0 Å². The molecule has 1 aliphatic rings. The van der Waals surface area contributed by atoms with Gasteiger partial charge in [-0.15, -0.1) is 0 Å². The van der Waals surface area contributed by atoms with Gasteiger partial charge in [-0.05, 0) is 23.6 Å². The molecule has 0 aromatic heterocycles. The molecule has 3 heteroatoms. The second kappa shape index (κ2) is 7.14. The van der Waals surface area contributed by atoms with E-state index in [4.69, 9.17) is 9.47 Å². The highest BCUT2D eigenvalue weighted by atomic mass is 16.7. The van der Waals surface area contributed by atoms with E-state index in [9.17, 15) is 4.79 Å². The third kappa shape index (κ3) is 3.02. The van der Waals surface area contributed by atoms with Crippen LogP contribution < -0.4 is 4.74 Å². The van der Waals surface area contributed by atoms with Crippen molar-refractivity contribution in [1.29, 1.82) is 0 Å². The monoisotopic (exact) mass is 344 g/mol. The maximum absolute atomic E-state index is 12.0. The first kappa shape index (κ1) is 16.6. The summed E-state index contributed by atoms with van der Waals surface area (Å²) in [5, 5.41) is 0. The molecule has 2 unspecified atom stereocenters. The highest BCUT2D eigenvalue weighted by Crippen LogP contribution is 2.44. The van der Waals surface area contributed by atoms with E-state index in [1.807, 2.05) is 84.9 Å². The molecular weight excluding hydrogens is 324 g/mol. The maximum atomic E-state index is 12.0. The molecule has 0 N–H and O–H groups in total. The number of fused-ring (bicyclic) bond motifs is 1. The summed E-state index contributed by atoms with van der Waals surface area (Å²) < 4.78 is 12.7. The smallest absolute Gasteiger partial charge is 0.247 e. The van der Waals surface area contributed by atoms with E-state index in [-0.39, 0.29) is 0 Å². The van der Waals surface area contributed by atoms with Crippen molar-refractivity contribution in [2.75, 3.05) is 0 Å². The Bertz CT molecular complexity index is 876. The van der Waals surface area contributed by atoms with E-state index in [1.54, 1.807) is 0 Å². The Morgan fingerprint density at radius 3 is 2.31 bits per heavy atom. The summed E-state index contributed by atoms with van der Waals surface area (Å²) in [7, 11) is 0. The molecule has 2 atom stereocenters. The molecule has 3 aromatic carbocycles. The van der Waals surface area contributed by atoms with Crippen LogP contribution >= 0.6 is 0 Å². The second-order valence-corrected chi connectivity index (χ2v) is 6.46. The number of hydrogen-bond donors (Lipinski definition) is 0. The first-order valence-electron chi connectivity index (χ1n) is 8.77. The standard InChI is InChI=1S/C23H20O3/c24-16-21-15-19-11-7-8-14-22(19)26-23(21,20-12-5-2-6-13-20)25-17-18-9-3-1-4-10-18/h1-14,16,21H,15,17H2. The number of ether oxygens (including phenoxy) is 2. The predicted octanol–water partition coefficient (Wildman–Crippen LogP) is 4.51. The van der Waals surface area contributed by atoms with Crippen LogP contribution in [0.2, 0.25) is 0 Å². The van der Waals surface area contributed by atoms with Gasteiger partial charge in [-0.2, -0.15) is 0 Å². The molecule has 3 aromatic rings. The van der Waals surface area contributed by atoms with Gasteiger partial charge in [-0.3, -0.25) is 0 Å². The fourth-order valence-electron chi connectivity index (χ4n) is 3.45. The second-order valence-electron chi connectivity index (χ2n) is 6.46. The zero-order valence-corrected chi connectivity index (χ0v) is 14.4. The number of aldehydes is 1. The summed E-state index contributed by atoms with van der Waals surface area (Å²) in [4.78, 5) is 12.0. The van der Waals surface area contributed by atoms with Crippen LogP contribution in [0.5, 0.6) is 5.75 Å². The zero-order chi connectivity index (χ0) is 17.8. The summed E-state index contributed by atoms with van der Waals surface area (Å²) in [6, 6.07) is 27.5. The molecule has 4 rings (SSSR count). The number of hydrogen-bond acceptors (Lipinski definition) is 3. The summed E-state index contributed by atoms with van der Waals surface area (Å²) >= 11 is 0. The van der Waals surface area contributed by atoms with Crippen LogP contribution in [0.3, 0.4) is 0 Å². The zero-order valence-electron chi connectivity index (χ0n) is 14.4. The summed E-state index contributed by atoms with van der Waals surface area (Å²) in [6.45, 7) is 0.363. The van der Waals surface area contributed by atoms with Crippen molar-refractivity contribution >= 4 is 6.29 Å². The van der Waals surface area contributed by atoms with Crippen molar-refractivity contribution in [3.8, 4) is 5.75 Å². The van der Waals surface area contributed by atoms with Gasteiger partial charge in [0.05, 0.1) is 12.5 Å². The van der Waals surface area contributed by atoms with Gasteiger partial charge in [0.15, 0.2) is 0 Å². The van der Waals surface area contributed by atoms with Gasteiger partial charge in [0.1, 0.15) is 12.0 Å². The average Bonchev–Trinajstić information content (AvgIpc) is 2.73. The van der Waals surface area contributed by atoms with Crippen molar-refractivity contribution in [2.45, 2.75) is 18.8 Å². The number of benzene rings is 3. The Morgan fingerprint density at radius 2 is 1.58 bits per heavy atom. The minimum absolute atomic E-state index is 0.363. The van der Waals surface area contributed by atoms with Crippen LogP contribution in [0.25, 0.3) is 0 Å². The lowest BCUT2D eigenvalue weighted by Crippen LogP contribution is -2.48. The highest BCUT2D eigenvalue weighted by Gasteiger charge is 2.47. The van der Waals surface area contributed by atoms with Gasteiger partial charge in [0, 0.05) is 5.56 Å². The molecule has 3 nitrogen and oxygen atoms in total. The molecule has 0 bridgehead atoms. The lowest BCUT2D eigenvalue weighted by molar-refractivity contribution is -0.234. The van der Waals surface area contributed by atoms with Gasteiger partial charge in [0.2, 0.25) is 5.79 Å². The molecule has 0 amide bonds. The van der Waals surface area contributed by atoms with E-state index in [1.165, 1.54) is 0 Å². The molecule has 0 spiro atoms. The van der Waals surface area contributed by atoms with Crippen LogP contribution in [0.4, 0.5) is 0 Å². The fourth-order valence-corrected chi connectivity index (χ4v) is 3.45. The van der Waals surface area contributed by atoms with Gasteiger partial charge in [0.25, 0.3) is 0 Å². The molecule has 1 heterocycles. The molecule has 0 radical (unpaired) electrons. The van der Waals surface area contributed by atoms with E-state index in [0.29, 0.717) is 13.0 Å². The average molecular weight is 344 g/mol. The van der Waals surface area contributed by atoms with E-state index < -0.39 is 11.7 Å². The third-order valence-electron chi connectivity index (χ3n) is 4.80. The van der Waals surface area contributed by atoms with Crippen LogP contribution in [-0.4, -0.2) is 6.29 Å².